The average Bonchev–Trinajstić information content (AvgIpc) is 2.15. The standard InChI is InChI=1S/C5H5ClN2O/c1-3-4(2-9)7-8-5(3)6/h2H,1H3,(H,7,8). The molecule has 0 saturated heterocycles. The molecule has 0 aromatic carbocycles. The molecule has 0 bridgehead atoms. The summed E-state index contributed by atoms with van der Waals surface area (Å²) in [6.07, 6.45) is 0.664. The van der Waals surface area contributed by atoms with E-state index in [9.17, 15) is 4.79 Å². The largest absolute Gasteiger partial charge is 0.296 e. The van der Waals surface area contributed by atoms with E-state index in [0.717, 1.165) is 0 Å². The molecule has 0 atom stereocenters. The molecule has 1 aromatic rings. The van der Waals surface area contributed by atoms with Crippen LogP contribution >= 0.6 is 11.6 Å². The Hall–Kier alpha value is -0.830. The van der Waals surface area contributed by atoms with Crippen LogP contribution in [0.25, 0.3) is 0 Å². The number of H-pyrrole nitrogens is 1. The van der Waals surface area contributed by atoms with Crippen molar-refractivity contribution in [2.45, 2.75) is 6.92 Å². The fourth-order valence-corrected chi connectivity index (χ4v) is 0.643. The van der Waals surface area contributed by atoms with Crippen molar-refractivity contribution in [2.24, 2.45) is 0 Å². The van der Waals surface area contributed by atoms with Crippen molar-refractivity contribution in [3.63, 3.8) is 0 Å². The first-order valence-electron chi connectivity index (χ1n) is 2.41. The second-order valence-electron chi connectivity index (χ2n) is 1.67. The number of nitrogens with one attached hydrogen (secondary N) is 1. The number of hydrogen-bond donors (Lipinski definition) is 1. The molecule has 0 aliphatic rings. The molecule has 1 heterocycles. The van der Waals surface area contributed by atoms with Crippen LogP contribution in [0.3, 0.4) is 0 Å². The molecule has 0 amide bonds. The predicted octanol–water partition coefficient (Wildman–Crippen LogP) is 1.18. The van der Waals surface area contributed by atoms with E-state index in [-0.39, 0.29) is 0 Å². The van der Waals surface area contributed by atoms with Gasteiger partial charge < -0.3 is 0 Å². The minimum atomic E-state index is 0.375. The highest BCUT2D eigenvalue weighted by molar-refractivity contribution is 6.30. The molecule has 0 aliphatic heterocycles. The van der Waals surface area contributed by atoms with Crippen LogP contribution in [0.1, 0.15) is 16.1 Å². The first kappa shape index (κ1) is 6.29. The van der Waals surface area contributed by atoms with E-state index in [4.69, 9.17) is 11.6 Å². The van der Waals surface area contributed by atoms with Crippen molar-refractivity contribution >= 4 is 17.9 Å². The molecule has 0 fully saturated rings. The second kappa shape index (κ2) is 2.19. The summed E-state index contributed by atoms with van der Waals surface area (Å²) in [6.45, 7) is 1.73. The Morgan fingerprint density at radius 2 is 2.44 bits per heavy atom. The highest BCUT2D eigenvalue weighted by Gasteiger charge is 2.03. The molecular formula is C5H5ClN2O. The van der Waals surface area contributed by atoms with Gasteiger partial charge in [-0.05, 0) is 6.92 Å². The van der Waals surface area contributed by atoms with Gasteiger partial charge in [-0.25, -0.2) is 0 Å². The Morgan fingerprint density at radius 1 is 1.78 bits per heavy atom. The quantitative estimate of drug-likeness (QED) is 0.602. The summed E-state index contributed by atoms with van der Waals surface area (Å²) in [4.78, 5) is 10.1. The Morgan fingerprint density at radius 3 is 2.67 bits per heavy atom. The molecule has 0 spiro atoms. The first-order valence-corrected chi connectivity index (χ1v) is 2.79. The lowest BCUT2D eigenvalue weighted by Crippen LogP contribution is -1.80. The molecule has 48 valence electrons. The summed E-state index contributed by atoms with van der Waals surface area (Å²) in [5, 5.41) is 6.51. The van der Waals surface area contributed by atoms with Crippen LogP contribution in [-0.4, -0.2) is 16.5 Å². The van der Waals surface area contributed by atoms with Crippen LogP contribution in [0.5, 0.6) is 0 Å². The summed E-state index contributed by atoms with van der Waals surface area (Å²) in [5.74, 6) is 0. The number of rotatable bonds is 1. The van der Waals surface area contributed by atoms with E-state index >= 15 is 0 Å². The van der Waals surface area contributed by atoms with E-state index in [1.807, 2.05) is 0 Å². The van der Waals surface area contributed by atoms with Gasteiger partial charge in [0.15, 0.2) is 6.29 Å². The number of nitrogens with zero attached hydrogens (tertiary/aromatic N) is 1. The van der Waals surface area contributed by atoms with Gasteiger partial charge in [0.25, 0.3) is 0 Å². The lowest BCUT2D eigenvalue weighted by molar-refractivity contribution is 0.111. The van der Waals surface area contributed by atoms with Gasteiger partial charge in [-0.2, -0.15) is 5.10 Å². The Bertz CT molecular complexity index is 231. The van der Waals surface area contributed by atoms with Crippen molar-refractivity contribution in [1.29, 1.82) is 0 Å². The molecular weight excluding hydrogens is 140 g/mol. The van der Waals surface area contributed by atoms with Crippen molar-refractivity contribution in [3.8, 4) is 0 Å². The minimum Gasteiger partial charge on any atom is -0.296 e. The van der Waals surface area contributed by atoms with Gasteiger partial charge in [-0.1, -0.05) is 11.6 Å². The van der Waals surface area contributed by atoms with Crippen LogP contribution < -0.4 is 0 Å². The van der Waals surface area contributed by atoms with Gasteiger partial charge in [-0.3, -0.25) is 9.89 Å². The number of aromatic amines is 1. The molecule has 1 N–H and O–H groups in total. The maximum Gasteiger partial charge on any atom is 0.170 e. The molecule has 3 nitrogen and oxygen atoms in total. The molecule has 1 rings (SSSR count). The zero-order valence-corrected chi connectivity index (χ0v) is 5.57. The third-order valence-electron chi connectivity index (χ3n) is 1.10. The number of aromatic nitrogens is 2. The van der Waals surface area contributed by atoms with Crippen LogP contribution in [0, 0.1) is 6.92 Å². The zero-order valence-electron chi connectivity index (χ0n) is 4.81. The molecule has 0 saturated carbocycles. The molecule has 0 aliphatic carbocycles. The van der Waals surface area contributed by atoms with Crippen LogP contribution in [0.4, 0.5) is 0 Å². The molecule has 0 unspecified atom stereocenters. The number of halogens is 1. The zero-order chi connectivity index (χ0) is 6.85. The predicted molar refractivity (Wildman–Crippen MR) is 33.7 cm³/mol. The van der Waals surface area contributed by atoms with Gasteiger partial charge in [0.2, 0.25) is 0 Å². The van der Waals surface area contributed by atoms with Crippen molar-refractivity contribution in [3.05, 3.63) is 16.4 Å². The Balaban J connectivity index is 3.18. The number of hydrogen-bond acceptors (Lipinski definition) is 2. The van der Waals surface area contributed by atoms with Gasteiger partial charge in [-0.15, -0.1) is 0 Å². The first-order chi connectivity index (χ1) is 4.25. The monoisotopic (exact) mass is 144 g/mol. The molecule has 1 aromatic heterocycles. The Labute approximate surface area is 57.0 Å². The van der Waals surface area contributed by atoms with Gasteiger partial charge in [0.1, 0.15) is 10.8 Å². The van der Waals surface area contributed by atoms with Crippen LogP contribution in [0.15, 0.2) is 0 Å². The van der Waals surface area contributed by atoms with E-state index < -0.39 is 0 Å². The highest BCUT2D eigenvalue weighted by Crippen LogP contribution is 2.12. The number of aldehydes is 1. The topological polar surface area (TPSA) is 45.8 Å². The fraction of sp³-hybridized carbons (Fsp3) is 0.200. The van der Waals surface area contributed by atoms with Gasteiger partial charge in [0.05, 0.1) is 0 Å². The number of carbonyl (C=O) groups excluding carboxylic acids is 1. The third-order valence-corrected chi connectivity index (χ3v) is 1.47. The lowest BCUT2D eigenvalue weighted by Gasteiger charge is -1.80. The smallest absolute Gasteiger partial charge is 0.170 e. The summed E-state index contributed by atoms with van der Waals surface area (Å²) in [7, 11) is 0. The fourth-order valence-electron chi connectivity index (χ4n) is 0.504. The van der Waals surface area contributed by atoms with Crippen LogP contribution in [0.2, 0.25) is 5.15 Å². The maximum absolute atomic E-state index is 10.1. The lowest BCUT2D eigenvalue weighted by atomic mass is 10.3. The summed E-state index contributed by atoms with van der Waals surface area (Å²) >= 11 is 5.53. The SMILES string of the molecule is Cc1c(C=O)n[nH]c1Cl. The second-order valence-corrected chi connectivity index (χ2v) is 2.04. The summed E-state index contributed by atoms with van der Waals surface area (Å²) < 4.78 is 0. The van der Waals surface area contributed by atoms with Crippen LogP contribution in [-0.2, 0) is 0 Å². The van der Waals surface area contributed by atoms with E-state index in [1.165, 1.54) is 0 Å². The van der Waals surface area contributed by atoms with Gasteiger partial charge >= 0.3 is 0 Å². The van der Waals surface area contributed by atoms with Gasteiger partial charge in [0, 0.05) is 5.56 Å². The average molecular weight is 145 g/mol. The number of carbonyl (C=O) groups is 1. The Kier molecular flexibility index (Phi) is 1.53. The molecule has 4 heteroatoms. The van der Waals surface area contributed by atoms with E-state index in [1.54, 1.807) is 6.92 Å². The maximum atomic E-state index is 10.1. The third kappa shape index (κ3) is 0.954. The molecule has 0 radical (unpaired) electrons. The van der Waals surface area contributed by atoms with E-state index in [0.29, 0.717) is 22.7 Å². The summed E-state index contributed by atoms with van der Waals surface area (Å²) in [5.41, 5.74) is 1.08. The van der Waals surface area contributed by atoms with Crippen molar-refractivity contribution < 1.29 is 4.79 Å². The van der Waals surface area contributed by atoms with E-state index in [2.05, 4.69) is 10.2 Å². The van der Waals surface area contributed by atoms with Crippen molar-refractivity contribution in [1.82, 2.24) is 10.2 Å². The normalized spacial score (nSPS) is 9.56. The summed E-state index contributed by atoms with van der Waals surface area (Å²) in [6, 6.07) is 0. The minimum absolute atomic E-state index is 0.375. The van der Waals surface area contributed by atoms with Crippen molar-refractivity contribution in [2.75, 3.05) is 0 Å². The molecule has 9 heavy (non-hydrogen) atoms. The highest BCUT2D eigenvalue weighted by atomic mass is 35.5.